The molecule has 0 aliphatic heterocycles. The first-order chi connectivity index (χ1) is 12.3. The summed E-state index contributed by atoms with van der Waals surface area (Å²) in [6.45, 7) is 4.02. The van der Waals surface area contributed by atoms with Crippen LogP contribution in [0.3, 0.4) is 0 Å². The molecule has 0 bridgehead atoms. The third-order valence-electron chi connectivity index (χ3n) is 3.99. The van der Waals surface area contributed by atoms with Gasteiger partial charge in [0, 0.05) is 17.6 Å². The van der Waals surface area contributed by atoms with Gasteiger partial charge in [0.15, 0.2) is 0 Å². The van der Waals surface area contributed by atoms with Gasteiger partial charge < -0.3 is 10.6 Å². The second-order valence-corrected chi connectivity index (χ2v) is 5.84. The molecule has 2 aromatic carbocycles. The monoisotopic (exact) mass is 358 g/mol. The van der Waals surface area contributed by atoms with E-state index in [0.29, 0.717) is 17.5 Å². The third kappa shape index (κ3) is 4.11. The Hall–Kier alpha value is -3.09. The van der Waals surface area contributed by atoms with Gasteiger partial charge in [-0.2, -0.15) is 18.2 Å². The van der Waals surface area contributed by atoms with Crippen molar-refractivity contribution in [3.8, 4) is 0 Å². The molecule has 0 atom stereocenters. The minimum atomic E-state index is -4.35. The molecule has 1 aromatic heterocycles. The third-order valence-corrected chi connectivity index (χ3v) is 3.99. The Labute approximate surface area is 149 Å². The zero-order valence-electron chi connectivity index (χ0n) is 14.2. The van der Waals surface area contributed by atoms with Crippen LogP contribution in [0.5, 0.6) is 0 Å². The zero-order chi connectivity index (χ0) is 18.7. The summed E-state index contributed by atoms with van der Waals surface area (Å²) >= 11 is 0. The lowest BCUT2D eigenvalue weighted by Crippen LogP contribution is -2.05. The molecule has 0 spiro atoms. The SMILES string of the molecule is Cc1cccc(Nc2nccc(Nc3ccc(C(F)(F)F)cc3)n2)c1C. The first kappa shape index (κ1) is 17.7. The van der Waals surface area contributed by atoms with Crippen molar-refractivity contribution >= 4 is 23.1 Å². The van der Waals surface area contributed by atoms with Crippen LogP contribution in [0.1, 0.15) is 16.7 Å². The molecule has 3 aromatic rings. The number of aromatic nitrogens is 2. The van der Waals surface area contributed by atoms with Crippen molar-refractivity contribution in [2.45, 2.75) is 20.0 Å². The van der Waals surface area contributed by atoms with E-state index in [-0.39, 0.29) is 0 Å². The summed E-state index contributed by atoms with van der Waals surface area (Å²) < 4.78 is 37.9. The van der Waals surface area contributed by atoms with Gasteiger partial charge in [0.1, 0.15) is 5.82 Å². The molecule has 1 heterocycles. The van der Waals surface area contributed by atoms with Gasteiger partial charge >= 0.3 is 6.18 Å². The van der Waals surface area contributed by atoms with Crippen molar-refractivity contribution < 1.29 is 13.2 Å². The van der Waals surface area contributed by atoms with E-state index < -0.39 is 11.7 Å². The van der Waals surface area contributed by atoms with Crippen molar-refractivity contribution in [3.05, 3.63) is 71.4 Å². The first-order valence-electron chi connectivity index (χ1n) is 7.93. The highest BCUT2D eigenvalue weighted by Crippen LogP contribution is 2.30. The van der Waals surface area contributed by atoms with Gasteiger partial charge in [0.25, 0.3) is 0 Å². The fourth-order valence-electron chi connectivity index (χ4n) is 2.39. The lowest BCUT2D eigenvalue weighted by molar-refractivity contribution is -0.137. The number of nitrogens with zero attached hydrogens (tertiary/aromatic N) is 2. The molecular formula is C19H17F3N4. The number of aryl methyl sites for hydroxylation is 1. The number of anilines is 4. The molecule has 0 amide bonds. The van der Waals surface area contributed by atoms with E-state index in [1.165, 1.54) is 12.1 Å². The summed E-state index contributed by atoms with van der Waals surface area (Å²) in [7, 11) is 0. The van der Waals surface area contributed by atoms with Crippen LogP contribution in [0.2, 0.25) is 0 Å². The van der Waals surface area contributed by atoms with Crippen molar-refractivity contribution in [1.29, 1.82) is 0 Å². The van der Waals surface area contributed by atoms with E-state index in [2.05, 4.69) is 20.6 Å². The normalized spacial score (nSPS) is 11.3. The molecule has 4 nitrogen and oxygen atoms in total. The van der Waals surface area contributed by atoms with E-state index in [4.69, 9.17) is 0 Å². The van der Waals surface area contributed by atoms with Gasteiger partial charge in [-0.3, -0.25) is 0 Å². The summed E-state index contributed by atoms with van der Waals surface area (Å²) in [5.74, 6) is 0.878. The number of hydrogen-bond donors (Lipinski definition) is 2. The summed E-state index contributed by atoms with van der Waals surface area (Å²) in [4.78, 5) is 8.53. The highest BCUT2D eigenvalue weighted by atomic mass is 19.4. The molecule has 0 aliphatic carbocycles. The van der Waals surface area contributed by atoms with Crippen molar-refractivity contribution in [3.63, 3.8) is 0 Å². The van der Waals surface area contributed by atoms with Gasteiger partial charge in [-0.15, -0.1) is 0 Å². The lowest BCUT2D eigenvalue weighted by Gasteiger charge is -2.12. The van der Waals surface area contributed by atoms with E-state index in [1.54, 1.807) is 12.3 Å². The molecule has 0 aliphatic rings. The van der Waals surface area contributed by atoms with Crippen LogP contribution in [0, 0.1) is 13.8 Å². The number of rotatable bonds is 4. The molecule has 0 radical (unpaired) electrons. The van der Waals surface area contributed by atoms with E-state index in [0.717, 1.165) is 28.9 Å². The largest absolute Gasteiger partial charge is 0.416 e. The maximum Gasteiger partial charge on any atom is 0.416 e. The van der Waals surface area contributed by atoms with E-state index in [1.807, 2.05) is 32.0 Å². The van der Waals surface area contributed by atoms with Crippen LogP contribution in [-0.2, 0) is 6.18 Å². The molecule has 3 rings (SSSR count). The Bertz CT molecular complexity index is 905. The highest BCUT2D eigenvalue weighted by molar-refractivity contribution is 5.62. The Kier molecular flexibility index (Phi) is 4.79. The maximum absolute atomic E-state index is 12.6. The fourth-order valence-corrected chi connectivity index (χ4v) is 2.39. The van der Waals surface area contributed by atoms with E-state index in [9.17, 15) is 13.2 Å². The van der Waals surface area contributed by atoms with Crippen molar-refractivity contribution in [2.75, 3.05) is 10.6 Å². The number of alkyl halides is 3. The molecule has 2 N–H and O–H groups in total. The van der Waals surface area contributed by atoms with Gasteiger partial charge in [0.2, 0.25) is 5.95 Å². The molecule has 0 saturated heterocycles. The number of nitrogens with one attached hydrogen (secondary N) is 2. The van der Waals surface area contributed by atoms with Crippen LogP contribution in [0.25, 0.3) is 0 Å². The number of benzene rings is 2. The molecule has 0 fully saturated rings. The maximum atomic E-state index is 12.6. The minimum absolute atomic E-state index is 0.399. The second-order valence-electron chi connectivity index (χ2n) is 5.84. The number of halogens is 3. The molecule has 7 heteroatoms. The predicted molar refractivity (Wildman–Crippen MR) is 96.0 cm³/mol. The Morgan fingerprint density at radius 2 is 1.62 bits per heavy atom. The molecule has 0 unspecified atom stereocenters. The first-order valence-corrected chi connectivity index (χ1v) is 7.93. The van der Waals surface area contributed by atoms with E-state index >= 15 is 0 Å². The Balaban J connectivity index is 1.76. The Morgan fingerprint density at radius 1 is 0.885 bits per heavy atom. The van der Waals surface area contributed by atoms with Crippen LogP contribution >= 0.6 is 0 Å². The highest BCUT2D eigenvalue weighted by Gasteiger charge is 2.29. The fraction of sp³-hybridized carbons (Fsp3) is 0.158. The quantitative estimate of drug-likeness (QED) is 0.637. The van der Waals surface area contributed by atoms with Crippen LogP contribution in [0.4, 0.5) is 36.3 Å². The second kappa shape index (κ2) is 7.03. The van der Waals surface area contributed by atoms with Crippen molar-refractivity contribution in [2.24, 2.45) is 0 Å². The van der Waals surface area contributed by atoms with Gasteiger partial charge in [-0.1, -0.05) is 12.1 Å². The zero-order valence-corrected chi connectivity index (χ0v) is 14.2. The molecule has 134 valence electrons. The van der Waals surface area contributed by atoms with Gasteiger partial charge in [0.05, 0.1) is 5.56 Å². The lowest BCUT2D eigenvalue weighted by atomic mass is 10.1. The molecule has 0 saturated carbocycles. The minimum Gasteiger partial charge on any atom is -0.340 e. The van der Waals surface area contributed by atoms with Crippen LogP contribution in [-0.4, -0.2) is 9.97 Å². The van der Waals surface area contributed by atoms with Gasteiger partial charge in [-0.05, 0) is 61.4 Å². The summed E-state index contributed by atoms with van der Waals surface area (Å²) in [5.41, 5.74) is 2.96. The predicted octanol–water partition coefficient (Wildman–Crippen LogP) is 5.60. The summed E-state index contributed by atoms with van der Waals surface area (Å²) in [5, 5.41) is 6.13. The summed E-state index contributed by atoms with van der Waals surface area (Å²) in [6.07, 6.45) is -2.77. The average Bonchev–Trinajstić information content (AvgIpc) is 2.59. The topological polar surface area (TPSA) is 49.8 Å². The molecule has 26 heavy (non-hydrogen) atoms. The van der Waals surface area contributed by atoms with Crippen LogP contribution < -0.4 is 10.6 Å². The number of hydrogen-bond acceptors (Lipinski definition) is 4. The standard InChI is InChI=1S/C19H17F3N4/c1-12-4-3-5-16(13(12)2)25-18-23-11-10-17(26-18)24-15-8-6-14(7-9-15)19(20,21)22/h3-11H,1-2H3,(H2,23,24,25,26). The van der Waals surface area contributed by atoms with Gasteiger partial charge in [-0.25, -0.2) is 4.98 Å². The summed E-state index contributed by atoms with van der Waals surface area (Å²) in [6, 6.07) is 12.3. The average molecular weight is 358 g/mol. The molecular weight excluding hydrogens is 341 g/mol. The van der Waals surface area contributed by atoms with Crippen molar-refractivity contribution in [1.82, 2.24) is 9.97 Å². The van der Waals surface area contributed by atoms with Crippen LogP contribution in [0.15, 0.2) is 54.7 Å². The Morgan fingerprint density at radius 3 is 2.31 bits per heavy atom. The smallest absolute Gasteiger partial charge is 0.340 e.